The predicted molar refractivity (Wildman–Crippen MR) is 111 cm³/mol. The minimum absolute atomic E-state index is 0.573. The van der Waals surface area contributed by atoms with Crippen LogP contribution in [0.3, 0.4) is 0 Å². The van der Waals surface area contributed by atoms with Crippen LogP contribution in [-0.2, 0) is 0 Å². The van der Waals surface area contributed by atoms with Crippen molar-refractivity contribution in [3.8, 4) is 0 Å². The predicted octanol–water partition coefficient (Wildman–Crippen LogP) is 7.60. The fraction of sp³-hybridized carbons (Fsp3) is 0.538. The summed E-state index contributed by atoms with van der Waals surface area (Å²) >= 11 is 0. The van der Waals surface area contributed by atoms with E-state index in [2.05, 4.69) is 60.7 Å². The molecule has 0 radical (unpaired) electrons. The molecule has 2 aromatic carbocycles. The molecule has 0 heteroatoms. The average molecular weight is 347 g/mol. The van der Waals surface area contributed by atoms with Crippen LogP contribution in [-0.4, -0.2) is 0 Å². The molecule has 0 N–H and O–H groups in total. The summed E-state index contributed by atoms with van der Waals surface area (Å²) in [7, 11) is 0. The van der Waals surface area contributed by atoms with E-state index >= 15 is 0 Å². The fourth-order valence-electron chi connectivity index (χ4n) is 5.93. The van der Waals surface area contributed by atoms with Crippen LogP contribution in [0.15, 0.2) is 60.7 Å². The summed E-state index contributed by atoms with van der Waals surface area (Å²) in [6.45, 7) is 0. The Bertz CT molecular complexity index is 575. The van der Waals surface area contributed by atoms with Crippen molar-refractivity contribution in [1.82, 2.24) is 0 Å². The van der Waals surface area contributed by atoms with Crippen molar-refractivity contribution in [2.45, 2.75) is 70.1 Å². The lowest BCUT2D eigenvalue weighted by Crippen LogP contribution is -2.33. The van der Waals surface area contributed by atoms with Crippen molar-refractivity contribution in [1.29, 1.82) is 0 Å². The molecule has 2 aliphatic rings. The van der Waals surface area contributed by atoms with E-state index < -0.39 is 0 Å². The zero-order chi connectivity index (χ0) is 17.6. The van der Waals surface area contributed by atoms with Gasteiger partial charge >= 0.3 is 0 Å². The zero-order valence-corrected chi connectivity index (χ0v) is 16.2. The van der Waals surface area contributed by atoms with Gasteiger partial charge in [-0.3, -0.25) is 0 Å². The van der Waals surface area contributed by atoms with Crippen molar-refractivity contribution < 1.29 is 0 Å². The van der Waals surface area contributed by atoms with Crippen LogP contribution in [0.1, 0.15) is 81.3 Å². The first kappa shape index (κ1) is 17.8. The Hall–Kier alpha value is -1.56. The molecule has 4 rings (SSSR count). The highest BCUT2D eigenvalue weighted by atomic mass is 14.4. The molecular weight excluding hydrogens is 312 g/mol. The van der Waals surface area contributed by atoms with Crippen molar-refractivity contribution in [2.75, 3.05) is 0 Å². The number of rotatable bonds is 5. The molecule has 2 fully saturated rings. The molecule has 138 valence electrons. The second-order valence-electron chi connectivity index (χ2n) is 8.67. The van der Waals surface area contributed by atoms with E-state index in [4.69, 9.17) is 0 Å². The Labute approximate surface area is 160 Å². The molecule has 2 aliphatic carbocycles. The maximum absolute atomic E-state index is 2.39. The number of hydrogen-bond donors (Lipinski definition) is 0. The molecule has 0 saturated heterocycles. The monoisotopic (exact) mass is 346 g/mol. The third kappa shape index (κ3) is 4.05. The highest BCUT2D eigenvalue weighted by Gasteiger charge is 2.38. The first-order valence-electron chi connectivity index (χ1n) is 11.0. The van der Waals surface area contributed by atoms with Crippen molar-refractivity contribution in [2.24, 2.45) is 17.8 Å². The van der Waals surface area contributed by atoms with E-state index in [0.717, 1.165) is 17.8 Å². The molecule has 26 heavy (non-hydrogen) atoms. The van der Waals surface area contributed by atoms with Gasteiger partial charge in [0.1, 0.15) is 0 Å². The Kier molecular flexibility index (Phi) is 6.10. The van der Waals surface area contributed by atoms with E-state index in [1.165, 1.54) is 64.2 Å². The van der Waals surface area contributed by atoms with Crippen LogP contribution in [0.4, 0.5) is 0 Å². The average Bonchev–Trinajstić information content (AvgIpc) is 2.74. The summed E-state index contributed by atoms with van der Waals surface area (Å²) < 4.78 is 0. The lowest BCUT2D eigenvalue weighted by Gasteiger charge is -2.43. The minimum atomic E-state index is 0.573. The van der Waals surface area contributed by atoms with E-state index in [1.807, 2.05) is 0 Å². The van der Waals surface area contributed by atoms with Gasteiger partial charge in [0, 0.05) is 5.92 Å². The van der Waals surface area contributed by atoms with E-state index in [1.54, 1.807) is 11.1 Å². The number of benzene rings is 2. The molecule has 0 aromatic heterocycles. The van der Waals surface area contributed by atoms with E-state index in [0.29, 0.717) is 5.92 Å². The van der Waals surface area contributed by atoms with Crippen molar-refractivity contribution in [3.05, 3.63) is 71.8 Å². The summed E-state index contributed by atoms with van der Waals surface area (Å²) in [4.78, 5) is 0. The van der Waals surface area contributed by atoms with Gasteiger partial charge in [0.25, 0.3) is 0 Å². The third-order valence-corrected chi connectivity index (χ3v) is 7.09. The molecule has 0 amide bonds. The molecule has 0 heterocycles. The first-order chi connectivity index (χ1) is 12.9. The molecule has 0 unspecified atom stereocenters. The molecule has 2 saturated carbocycles. The lowest BCUT2D eigenvalue weighted by atomic mass is 9.62. The summed E-state index contributed by atoms with van der Waals surface area (Å²) in [5.41, 5.74) is 3.08. The maximum atomic E-state index is 2.39. The normalized spacial score (nSPS) is 19.9. The zero-order valence-electron chi connectivity index (χ0n) is 16.2. The SMILES string of the molecule is c1ccc(C(c2ccccc2)C(C2CCCCC2)C2CCCCC2)cc1. The molecule has 2 aromatic rings. The minimum Gasteiger partial charge on any atom is -0.0622 e. The summed E-state index contributed by atoms with van der Waals surface area (Å²) in [5, 5.41) is 0. The lowest BCUT2D eigenvalue weighted by molar-refractivity contribution is 0.128. The van der Waals surface area contributed by atoms with Gasteiger partial charge in [0.2, 0.25) is 0 Å². The Balaban J connectivity index is 1.74. The molecule has 0 aliphatic heterocycles. The van der Waals surface area contributed by atoms with Gasteiger partial charge in [0.15, 0.2) is 0 Å². The Morgan fingerprint density at radius 3 is 1.27 bits per heavy atom. The van der Waals surface area contributed by atoms with Gasteiger partial charge in [-0.15, -0.1) is 0 Å². The van der Waals surface area contributed by atoms with E-state index in [-0.39, 0.29) is 0 Å². The topological polar surface area (TPSA) is 0 Å². The van der Waals surface area contributed by atoms with Gasteiger partial charge in [0.05, 0.1) is 0 Å². The first-order valence-corrected chi connectivity index (χ1v) is 11.0. The van der Waals surface area contributed by atoms with Crippen molar-refractivity contribution >= 4 is 0 Å². The van der Waals surface area contributed by atoms with Gasteiger partial charge in [-0.1, -0.05) is 125 Å². The van der Waals surface area contributed by atoms with Crippen LogP contribution >= 0.6 is 0 Å². The van der Waals surface area contributed by atoms with Crippen LogP contribution in [0.25, 0.3) is 0 Å². The second-order valence-corrected chi connectivity index (χ2v) is 8.67. The molecular formula is C26H34. The fourth-order valence-corrected chi connectivity index (χ4v) is 5.93. The van der Waals surface area contributed by atoms with Gasteiger partial charge in [-0.2, -0.15) is 0 Å². The highest BCUT2D eigenvalue weighted by Crippen LogP contribution is 2.49. The van der Waals surface area contributed by atoms with Gasteiger partial charge in [-0.05, 0) is 28.9 Å². The van der Waals surface area contributed by atoms with Crippen molar-refractivity contribution in [3.63, 3.8) is 0 Å². The van der Waals surface area contributed by atoms with Gasteiger partial charge < -0.3 is 0 Å². The quantitative estimate of drug-likeness (QED) is 0.523. The molecule has 0 atom stereocenters. The third-order valence-electron chi connectivity index (χ3n) is 7.09. The second kappa shape index (κ2) is 8.89. The molecule has 0 spiro atoms. The standard InChI is InChI=1S/C26H34/c1-5-13-21(14-6-1)25(22-15-7-2-8-16-22)26(23-17-9-3-10-18-23)24-19-11-4-12-20-24/h1-2,5-8,13-16,23-26H,3-4,9-12,17-20H2. The summed E-state index contributed by atoms with van der Waals surface area (Å²) in [5.74, 6) is 3.22. The Morgan fingerprint density at radius 1 is 0.500 bits per heavy atom. The van der Waals surface area contributed by atoms with Crippen LogP contribution in [0, 0.1) is 17.8 Å². The van der Waals surface area contributed by atoms with Crippen LogP contribution in [0.5, 0.6) is 0 Å². The van der Waals surface area contributed by atoms with Gasteiger partial charge in [-0.25, -0.2) is 0 Å². The largest absolute Gasteiger partial charge is 0.0622 e. The molecule has 0 nitrogen and oxygen atoms in total. The smallest absolute Gasteiger partial charge is 0.0123 e. The number of hydrogen-bond acceptors (Lipinski definition) is 0. The maximum Gasteiger partial charge on any atom is 0.0123 e. The summed E-state index contributed by atoms with van der Waals surface area (Å²) in [6, 6.07) is 22.8. The summed E-state index contributed by atoms with van der Waals surface area (Å²) in [6.07, 6.45) is 14.5. The molecule has 0 bridgehead atoms. The van der Waals surface area contributed by atoms with Crippen LogP contribution < -0.4 is 0 Å². The van der Waals surface area contributed by atoms with E-state index in [9.17, 15) is 0 Å². The Morgan fingerprint density at radius 2 is 0.885 bits per heavy atom. The highest BCUT2D eigenvalue weighted by molar-refractivity contribution is 5.34. The van der Waals surface area contributed by atoms with Crippen LogP contribution in [0.2, 0.25) is 0 Å².